The number of fused-ring (bicyclic) bond motifs is 1. The molecule has 7 N–H and O–H groups in total. The van der Waals surface area contributed by atoms with Crippen LogP contribution in [-0.4, -0.2) is 61.7 Å². The Morgan fingerprint density at radius 2 is 1.19 bits per heavy atom. The van der Waals surface area contributed by atoms with Crippen molar-refractivity contribution in [1.82, 2.24) is 0 Å². The van der Waals surface area contributed by atoms with Crippen LogP contribution >= 0.6 is 31.9 Å². The molecule has 0 spiro atoms. The van der Waals surface area contributed by atoms with Crippen LogP contribution in [0.5, 0.6) is 5.75 Å². The highest BCUT2D eigenvalue weighted by molar-refractivity contribution is 9.12. The fourth-order valence-electron chi connectivity index (χ4n) is 4.29. The quantitative estimate of drug-likeness (QED) is 0.0545. The van der Waals surface area contributed by atoms with Crippen LogP contribution in [0.15, 0.2) is 108 Å². The molecule has 0 unspecified atom stereocenters. The first-order valence-electron chi connectivity index (χ1n) is 13.5. The van der Waals surface area contributed by atoms with Crippen LogP contribution in [0.1, 0.15) is 10.4 Å². The zero-order chi connectivity index (χ0) is 38.9. The zero-order valence-corrected chi connectivity index (χ0v) is 31.1. The van der Waals surface area contributed by atoms with Gasteiger partial charge in [-0.15, -0.1) is 10.2 Å². The zero-order valence-electron chi connectivity index (χ0n) is 25.5. The van der Waals surface area contributed by atoms with Crippen molar-refractivity contribution in [3.8, 4) is 5.75 Å². The summed E-state index contributed by atoms with van der Waals surface area (Å²) in [6, 6.07) is 9.95. The molecule has 0 aliphatic rings. The number of halogens is 2. The van der Waals surface area contributed by atoms with Gasteiger partial charge in [-0.25, -0.2) is 0 Å². The molecule has 3 amide bonds. The molecule has 23 heteroatoms. The van der Waals surface area contributed by atoms with E-state index < -0.39 is 96.3 Å². The molecule has 0 heterocycles. The lowest BCUT2D eigenvalue weighted by molar-refractivity contribution is -0.112. The number of phenolic OH excluding ortho intramolecular Hbond substituents is 1. The van der Waals surface area contributed by atoms with Gasteiger partial charge in [0.05, 0.1) is 19.5 Å². The fraction of sp³-hybridized carbons (Fsp3) is 0. The Labute approximate surface area is 310 Å². The molecule has 0 aromatic heterocycles. The van der Waals surface area contributed by atoms with E-state index in [0.29, 0.717) is 18.2 Å². The van der Waals surface area contributed by atoms with Crippen LogP contribution in [0.3, 0.4) is 0 Å². The summed E-state index contributed by atoms with van der Waals surface area (Å²) in [7, 11) is -15.5. The average Bonchev–Trinajstić information content (AvgIpc) is 3.02. The number of aromatic hydroxyl groups is 1. The van der Waals surface area contributed by atoms with E-state index >= 15 is 0 Å². The van der Waals surface area contributed by atoms with Crippen LogP contribution in [0.25, 0.3) is 10.8 Å². The number of benzene rings is 4. The highest BCUT2D eigenvalue weighted by atomic mass is 79.9. The standard InChI is InChI=1S/C29H21Br2N5O13S3/c1-13(30)27(38)32-17-5-3-15(4-6-17)29(40)34-21-12-19(50(41,42)43)9-16-10-23(52(47,48)49)25(26(37)24(16)21)36-35-20-11-18(33-28(39)14(2)31)7-8-22(20)51(44,45)46/h3-12,37H,1-2H2,(H,32,38)(H,33,39)(H,34,40)(H,41,42,43)(H,44,45,46)(H,47,48,49). The maximum absolute atomic E-state index is 13.3. The van der Waals surface area contributed by atoms with Crippen molar-refractivity contribution in [1.29, 1.82) is 0 Å². The predicted molar refractivity (Wildman–Crippen MR) is 193 cm³/mol. The first-order valence-corrected chi connectivity index (χ1v) is 19.4. The Morgan fingerprint density at radius 3 is 1.71 bits per heavy atom. The SMILES string of the molecule is C=C(Br)C(=O)Nc1ccc(C(=O)Nc2cc(S(=O)(=O)O)cc3cc(S(=O)(=O)O)c(N=Nc4cc(NC(=O)C(=C)Br)ccc4S(=O)(=O)O)c(O)c23)cc1. The number of hydrogen-bond acceptors (Lipinski definition) is 12. The van der Waals surface area contributed by atoms with Gasteiger partial charge < -0.3 is 21.1 Å². The highest BCUT2D eigenvalue weighted by Crippen LogP contribution is 2.45. The van der Waals surface area contributed by atoms with E-state index in [1.165, 1.54) is 24.3 Å². The number of rotatable bonds is 11. The van der Waals surface area contributed by atoms with E-state index in [1.54, 1.807) is 0 Å². The Morgan fingerprint density at radius 1 is 0.654 bits per heavy atom. The summed E-state index contributed by atoms with van der Waals surface area (Å²) in [6.45, 7) is 6.81. The number of amides is 3. The van der Waals surface area contributed by atoms with Crippen LogP contribution in [0.4, 0.5) is 28.4 Å². The minimum absolute atomic E-state index is 0.0218. The molecular weight excluding hydrogens is 882 g/mol. The third-order valence-corrected chi connectivity index (χ3v) is 9.92. The molecule has 0 atom stereocenters. The number of carbonyl (C=O) groups excluding carboxylic acids is 3. The summed E-state index contributed by atoms with van der Waals surface area (Å²) < 4.78 is 103. The largest absolute Gasteiger partial charge is 0.505 e. The first-order chi connectivity index (χ1) is 24.0. The third-order valence-electron chi connectivity index (χ3n) is 6.60. The van der Waals surface area contributed by atoms with Crippen molar-refractivity contribution in [3.63, 3.8) is 0 Å². The smallest absolute Gasteiger partial charge is 0.296 e. The first kappa shape index (κ1) is 39.9. The molecule has 0 saturated heterocycles. The topological polar surface area (TPSA) is 295 Å². The second-order valence-electron chi connectivity index (χ2n) is 10.2. The van der Waals surface area contributed by atoms with E-state index in [9.17, 15) is 58.4 Å². The molecular formula is C29H21Br2N5O13S3. The summed E-state index contributed by atoms with van der Waals surface area (Å²) in [5.74, 6) is -3.45. The van der Waals surface area contributed by atoms with Gasteiger partial charge in [-0.05, 0) is 97.9 Å². The van der Waals surface area contributed by atoms with Gasteiger partial charge in [0, 0.05) is 22.3 Å². The molecule has 0 fully saturated rings. The molecule has 4 aromatic carbocycles. The number of anilines is 3. The average molecular weight is 904 g/mol. The summed E-state index contributed by atoms with van der Waals surface area (Å²) in [5, 5.41) is 24.8. The number of nitrogens with zero attached hydrogens (tertiary/aromatic N) is 2. The van der Waals surface area contributed by atoms with Gasteiger partial charge >= 0.3 is 0 Å². The Bertz CT molecular complexity index is 2600. The number of nitrogens with one attached hydrogen (secondary N) is 3. The van der Waals surface area contributed by atoms with Crippen molar-refractivity contribution < 1.29 is 58.4 Å². The second-order valence-corrected chi connectivity index (χ2v) is 16.3. The maximum Gasteiger partial charge on any atom is 0.296 e. The minimum Gasteiger partial charge on any atom is -0.505 e. The van der Waals surface area contributed by atoms with Crippen molar-refractivity contribution in [2.24, 2.45) is 10.2 Å². The van der Waals surface area contributed by atoms with E-state index in [1.807, 2.05) is 0 Å². The Kier molecular flexibility index (Phi) is 11.5. The van der Waals surface area contributed by atoms with Gasteiger partial charge in [-0.3, -0.25) is 28.0 Å². The lowest BCUT2D eigenvalue weighted by Gasteiger charge is -2.15. The summed E-state index contributed by atoms with van der Waals surface area (Å²) in [6.07, 6.45) is 0. The molecule has 0 bridgehead atoms. The molecule has 18 nitrogen and oxygen atoms in total. The monoisotopic (exact) mass is 901 g/mol. The molecule has 0 aliphatic heterocycles. The number of phenols is 1. The van der Waals surface area contributed by atoms with E-state index in [0.717, 1.165) is 18.2 Å². The van der Waals surface area contributed by atoms with Crippen LogP contribution < -0.4 is 16.0 Å². The molecule has 0 saturated carbocycles. The number of carbonyl (C=O) groups is 3. The summed E-state index contributed by atoms with van der Waals surface area (Å²) >= 11 is 5.78. The van der Waals surface area contributed by atoms with Crippen LogP contribution in [-0.2, 0) is 39.9 Å². The summed E-state index contributed by atoms with van der Waals surface area (Å²) in [4.78, 5) is 34.2. The van der Waals surface area contributed by atoms with Gasteiger partial charge in [-0.1, -0.05) is 13.2 Å². The Balaban J connectivity index is 1.93. The maximum atomic E-state index is 13.3. The van der Waals surface area contributed by atoms with Crippen molar-refractivity contribution in [2.75, 3.05) is 16.0 Å². The molecule has 272 valence electrons. The van der Waals surface area contributed by atoms with Crippen LogP contribution in [0.2, 0.25) is 0 Å². The molecule has 0 radical (unpaired) electrons. The van der Waals surface area contributed by atoms with E-state index in [2.05, 4.69) is 71.2 Å². The second kappa shape index (κ2) is 15.0. The van der Waals surface area contributed by atoms with Gasteiger partial charge in [-0.2, -0.15) is 25.3 Å². The molecule has 4 rings (SSSR count). The van der Waals surface area contributed by atoms with Crippen molar-refractivity contribution in [3.05, 3.63) is 88.3 Å². The van der Waals surface area contributed by atoms with Gasteiger partial charge in [0.1, 0.15) is 21.2 Å². The number of hydrogen-bond donors (Lipinski definition) is 7. The van der Waals surface area contributed by atoms with E-state index in [-0.39, 0.29) is 25.9 Å². The third kappa shape index (κ3) is 9.31. The highest BCUT2D eigenvalue weighted by Gasteiger charge is 2.27. The van der Waals surface area contributed by atoms with Gasteiger partial charge in [0.25, 0.3) is 48.1 Å². The fourth-order valence-corrected chi connectivity index (χ4v) is 6.30. The number of azo groups is 1. The molecule has 0 aliphatic carbocycles. The van der Waals surface area contributed by atoms with Gasteiger partial charge in [0.2, 0.25) is 0 Å². The summed E-state index contributed by atoms with van der Waals surface area (Å²) in [5.41, 5.74) is -2.26. The lowest BCUT2D eigenvalue weighted by Crippen LogP contribution is -2.14. The van der Waals surface area contributed by atoms with Crippen molar-refractivity contribution >= 4 is 119 Å². The van der Waals surface area contributed by atoms with E-state index in [4.69, 9.17) is 0 Å². The van der Waals surface area contributed by atoms with Crippen molar-refractivity contribution in [2.45, 2.75) is 14.7 Å². The normalized spacial score (nSPS) is 12.0. The Hall–Kier alpha value is -4.88. The molecule has 4 aromatic rings. The van der Waals surface area contributed by atoms with Gasteiger partial charge in [0.15, 0.2) is 5.75 Å². The molecule has 52 heavy (non-hydrogen) atoms. The lowest BCUT2D eigenvalue weighted by atomic mass is 10.1. The predicted octanol–water partition coefficient (Wildman–Crippen LogP) is 5.65. The minimum atomic E-state index is -5.36. The van der Waals surface area contributed by atoms with Crippen LogP contribution in [0, 0.1) is 0 Å².